The molecule has 6 nitrogen and oxygen atoms in total. The van der Waals surface area contributed by atoms with Gasteiger partial charge in [0, 0.05) is 33.5 Å². The van der Waals surface area contributed by atoms with Crippen molar-refractivity contribution in [1.29, 1.82) is 0 Å². The number of hydrogen-bond donors (Lipinski definition) is 1. The smallest absolute Gasteiger partial charge is 0.281 e. The van der Waals surface area contributed by atoms with Gasteiger partial charge in [0.05, 0.1) is 5.97 Å². The Hall–Kier alpha value is -2.54. The molecule has 0 saturated heterocycles. The van der Waals surface area contributed by atoms with Crippen LogP contribution in [0.25, 0.3) is 17.0 Å². The van der Waals surface area contributed by atoms with Crippen LogP contribution < -0.4 is 5.11 Å². The van der Waals surface area contributed by atoms with Crippen LogP contribution in [0.5, 0.6) is 0 Å². The average Bonchev–Trinajstić information content (AvgIpc) is 3.11. The second-order valence-corrected chi connectivity index (χ2v) is 5.92. The fraction of sp³-hybridized carbons (Fsp3) is 0.188. The highest BCUT2D eigenvalue weighted by Gasteiger charge is 2.12. The van der Waals surface area contributed by atoms with Crippen molar-refractivity contribution < 1.29 is 14.3 Å². The number of aryl methyl sites for hydroxylation is 2. The van der Waals surface area contributed by atoms with E-state index in [1.807, 2.05) is 38.1 Å². The number of rotatable bonds is 5. The van der Waals surface area contributed by atoms with Crippen LogP contribution in [0.4, 0.5) is 0 Å². The molecule has 0 aliphatic rings. The number of para-hydroxylation sites is 1. The molecule has 0 atom stereocenters. The minimum atomic E-state index is -1.28. The Labute approximate surface area is 136 Å². The Morgan fingerprint density at radius 1 is 1.39 bits per heavy atom. The monoisotopic (exact) mass is 328 g/mol. The second kappa shape index (κ2) is 6.29. The van der Waals surface area contributed by atoms with Gasteiger partial charge in [-0.05, 0) is 30.8 Å². The van der Waals surface area contributed by atoms with Crippen molar-refractivity contribution >= 4 is 34.7 Å². The maximum Gasteiger partial charge on any atom is 0.281 e. The maximum absolute atomic E-state index is 11.5. The van der Waals surface area contributed by atoms with Gasteiger partial charge in [0.25, 0.3) is 5.22 Å². The fourth-order valence-electron chi connectivity index (χ4n) is 2.26. The van der Waals surface area contributed by atoms with Crippen molar-refractivity contribution in [3.05, 3.63) is 46.3 Å². The number of aromatic nitrogens is 3. The molecule has 1 aromatic carbocycles. The zero-order chi connectivity index (χ0) is 16.4. The summed E-state index contributed by atoms with van der Waals surface area (Å²) < 4.78 is 5.35. The van der Waals surface area contributed by atoms with E-state index in [0.717, 1.165) is 33.9 Å². The lowest BCUT2D eigenvalue weighted by Crippen LogP contribution is -2.23. The maximum atomic E-state index is 11.5. The fourth-order valence-corrected chi connectivity index (χ4v) is 2.93. The number of carbonyl (C=O) groups excluding carboxylic acids is 1. The lowest BCUT2D eigenvalue weighted by Gasteiger charge is -2.05. The summed E-state index contributed by atoms with van der Waals surface area (Å²) in [4.78, 5) is 14.7. The van der Waals surface area contributed by atoms with Crippen LogP contribution in [-0.2, 0) is 11.2 Å². The molecule has 3 rings (SSSR count). The van der Waals surface area contributed by atoms with Gasteiger partial charge in [-0.15, -0.1) is 10.2 Å². The van der Waals surface area contributed by atoms with Crippen molar-refractivity contribution in [2.24, 2.45) is 0 Å². The normalized spacial score (nSPS) is 12.0. The van der Waals surface area contributed by atoms with Crippen LogP contribution in [0.1, 0.15) is 24.1 Å². The summed E-state index contributed by atoms with van der Waals surface area (Å²) in [6, 6.07) is 7.70. The molecular weight excluding hydrogens is 314 g/mol. The molecular formula is C16H14N3O3S-. The first-order valence-electron chi connectivity index (χ1n) is 7.09. The van der Waals surface area contributed by atoms with Crippen molar-refractivity contribution in [3.8, 4) is 0 Å². The van der Waals surface area contributed by atoms with Gasteiger partial charge in [0.2, 0.25) is 5.89 Å². The number of thioether (sulfide) groups is 1. The van der Waals surface area contributed by atoms with Gasteiger partial charge in [0.15, 0.2) is 0 Å². The number of nitrogens with one attached hydrogen (secondary N) is 1. The van der Waals surface area contributed by atoms with Gasteiger partial charge in [-0.25, -0.2) is 0 Å². The Balaban J connectivity index is 2.01. The lowest BCUT2D eigenvalue weighted by atomic mass is 10.1. The number of benzene rings is 1. The number of carboxylic acid groups (broad SMARTS) is 1. The molecule has 2 aromatic heterocycles. The van der Waals surface area contributed by atoms with E-state index in [4.69, 9.17) is 4.42 Å². The molecule has 0 fully saturated rings. The van der Waals surface area contributed by atoms with E-state index in [1.54, 1.807) is 6.08 Å². The molecule has 3 aromatic rings. The summed E-state index contributed by atoms with van der Waals surface area (Å²) in [6.07, 6.45) is 2.17. The van der Waals surface area contributed by atoms with E-state index in [-0.39, 0.29) is 10.1 Å². The van der Waals surface area contributed by atoms with Gasteiger partial charge < -0.3 is 19.3 Å². The number of aliphatic carboxylic acids is 1. The zero-order valence-electron chi connectivity index (χ0n) is 12.6. The highest BCUT2D eigenvalue weighted by atomic mass is 32.2. The molecule has 2 heterocycles. The minimum Gasteiger partial charge on any atom is -0.544 e. The summed E-state index contributed by atoms with van der Waals surface area (Å²) in [6.45, 7) is 3.78. The summed E-state index contributed by atoms with van der Waals surface area (Å²) in [5, 5.41) is 20.2. The SMILES string of the molecule is CCc1nnc(S/C(=C\c2c(C)[nH]c3ccccc23)C(=O)[O-])o1. The van der Waals surface area contributed by atoms with E-state index >= 15 is 0 Å². The Kier molecular flexibility index (Phi) is 4.20. The van der Waals surface area contributed by atoms with Crippen molar-refractivity contribution in [2.75, 3.05) is 0 Å². The molecule has 0 bridgehead atoms. The highest BCUT2D eigenvalue weighted by molar-refractivity contribution is 8.03. The minimum absolute atomic E-state index is 0.0177. The number of H-pyrrole nitrogens is 1. The molecule has 7 heteroatoms. The molecule has 0 unspecified atom stereocenters. The predicted octanol–water partition coefficient (Wildman–Crippen LogP) is 2.30. The summed E-state index contributed by atoms with van der Waals surface area (Å²) in [5.41, 5.74) is 2.64. The Morgan fingerprint density at radius 2 is 2.17 bits per heavy atom. The third kappa shape index (κ3) is 3.14. The lowest BCUT2D eigenvalue weighted by molar-refractivity contribution is -0.298. The quantitative estimate of drug-likeness (QED) is 0.570. The first-order chi connectivity index (χ1) is 11.1. The van der Waals surface area contributed by atoms with E-state index in [0.29, 0.717) is 12.3 Å². The molecule has 0 spiro atoms. The van der Waals surface area contributed by atoms with Crippen LogP contribution in [0.2, 0.25) is 0 Å². The number of aromatic amines is 1. The summed E-state index contributed by atoms with van der Waals surface area (Å²) in [7, 11) is 0. The first-order valence-corrected chi connectivity index (χ1v) is 7.90. The summed E-state index contributed by atoms with van der Waals surface area (Å²) >= 11 is 0.893. The van der Waals surface area contributed by atoms with Gasteiger partial charge >= 0.3 is 0 Å². The Morgan fingerprint density at radius 3 is 2.87 bits per heavy atom. The van der Waals surface area contributed by atoms with Crippen LogP contribution in [0.15, 0.2) is 38.8 Å². The van der Waals surface area contributed by atoms with Gasteiger partial charge in [-0.3, -0.25) is 0 Å². The molecule has 0 amide bonds. The van der Waals surface area contributed by atoms with Crippen LogP contribution in [0, 0.1) is 6.92 Å². The highest BCUT2D eigenvalue weighted by Crippen LogP contribution is 2.30. The third-order valence-electron chi connectivity index (χ3n) is 3.37. The van der Waals surface area contributed by atoms with Crippen LogP contribution >= 0.6 is 11.8 Å². The largest absolute Gasteiger partial charge is 0.544 e. The van der Waals surface area contributed by atoms with Crippen LogP contribution in [-0.4, -0.2) is 21.2 Å². The van der Waals surface area contributed by atoms with Gasteiger partial charge in [0.1, 0.15) is 0 Å². The molecule has 23 heavy (non-hydrogen) atoms. The number of hydrogen-bond acceptors (Lipinski definition) is 6. The molecule has 0 aliphatic carbocycles. The van der Waals surface area contributed by atoms with Crippen molar-refractivity contribution in [3.63, 3.8) is 0 Å². The predicted molar refractivity (Wildman–Crippen MR) is 85.6 cm³/mol. The Bertz CT molecular complexity index is 895. The molecule has 1 N–H and O–H groups in total. The average molecular weight is 328 g/mol. The molecule has 0 aliphatic heterocycles. The van der Waals surface area contributed by atoms with Crippen molar-refractivity contribution in [2.45, 2.75) is 25.5 Å². The third-order valence-corrected chi connectivity index (χ3v) is 4.21. The number of nitrogens with zero attached hydrogens (tertiary/aromatic N) is 2. The molecule has 118 valence electrons. The standard InChI is InChI=1S/C16H15N3O3S/c1-3-14-18-19-16(22-14)23-13(15(20)21)8-11-9(2)17-12-7-5-4-6-10(11)12/h4-8,17H,3H2,1-2H3,(H,20,21)/p-1/b13-8-. The number of carboxylic acids is 1. The number of fused-ring (bicyclic) bond motifs is 1. The second-order valence-electron chi connectivity index (χ2n) is 4.92. The zero-order valence-corrected chi connectivity index (χ0v) is 13.4. The van der Waals surface area contributed by atoms with E-state index in [2.05, 4.69) is 15.2 Å². The van der Waals surface area contributed by atoms with Gasteiger partial charge in [-0.2, -0.15) is 0 Å². The topological polar surface area (TPSA) is 94.8 Å². The number of carbonyl (C=O) groups is 1. The first kappa shape index (κ1) is 15.4. The van der Waals surface area contributed by atoms with Crippen LogP contribution in [0.3, 0.4) is 0 Å². The molecule has 0 saturated carbocycles. The molecule has 0 radical (unpaired) electrons. The van der Waals surface area contributed by atoms with Crippen molar-refractivity contribution in [1.82, 2.24) is 15.2 Å². The van der Waals surface area contributed by atoms with E-state index in [9.17, 15) is 9.90 Å². The summed E-state index contributed by atoms with van der Waals surface area (Å²) in [5.74, 6) is -0.815. The van der Waals surface area contributed by atoms with E-state index < -0.39 is 5.97 Å². The van der Waals surface area contributed by atoms with E-state index in [1.165, 1.54) is 0 Å². The van der Waals surface area contributed by atoms with Gasteiger partial charge in [-0.1, -0.05) is 25.1 Å².